The highest BCUT2D eigenvalue weighted by molar-refractivity contribution is 6.53. The second kappa shape index (κ2) is 11.9. The van der Waals surface area contributed by atoms with E-state index in [2.05, 4.69) is 10.6 Å². The molecule has 0 saturated heterocycles. The van der Waals surface area contributed by atoms with E-state index in [4.69, 9.17) is 62.7 Å². The number of rotatable bonds is 6. The van der Waals surface area contributed by atoms with E-state index in [9.17, 15) is 14.4 Å². The summed E-state index contributed by atoms with van der Waals surface area (Å²) in [6.07, 6.45) is -0.505. The Balaban J connectivity index is 1.43. The minimum absolute atomic E-state index is 0.136. The quantitative estimate of drug-likeness (QED) is 0.260. The van der Waals surface area contributed by atoms with Gasteiger partial charge in [0.25, 0.3) is 5.91 Å². The van der Waals surface area contributed by atoms with Crippen molar-refractivity contribution in [2.24, 2.45) is 5.92 Å². The smallest absolute Gasteiger partial charge is 0.414 e. The molecule has 0 heterocycles. The lowest BCUT2D eigenvalue weighted by molar-refractivity contribution is -0.117. The Morgan fingerprint density at radius 3 is 2.02 bits per heavy atom. The SMILES string of the molecule is CN(C(=O)OC(C)(C)C)c1ccc(NC(=O)c2cc(NC(=O)C3C(c4cc(Cl)cc(Cl)c4)C3(Cl)Cl)ccc2Cl)cc1. The van der Waals surface area contributed by atoms with Crippen LogP contribution in [0.3, 0.4) is 0 Å². The molecule has 1 aliphatic rings. The summed E-state index contributed by atoms with van der Waals surface area (Å²) in [6.45, 7) is 5.35. The van der Waals surface area contributed by atoms with Crippen LogP contribution in [0.4, 0.5) is 21.9 Å². The fourth-order valence-corrected chi connectivity index (χ4v) is 5.80. The molecule has 1 aliphatic carbocycles. The molecule has 2 atom stereocenters. The molecule has 1 saturated carbocycles. The molecule has 0 spiro atoms. The highest BCUT2D eigenvalue weighted by Crippen LogP contribution is 2.65. The molecule has 0 aromatic heterocycles. The van der Waals surface area contributed by atoms with Crippen LogP contribution in [0.2, 0.25) is 15.1 Å². The first kappa shape index (κ1) is 31.3. The van der Waals surface area contributed by atoms with Crippen molar-refractivity contribution in [3.05, 3.63) is 86.9 Å². The number of nitrogens with zero attached hydrogens (tertiary/aromatic N) is 1. The van der Waals surface area contributed by atoms with Crippen molar-refractivity contribution >= 4 is 93.0 Å². The van der Waals surface area contributed by atoms with Crippen molar-refractivity contribution in [2.75, 3.05) is 22.6 Å². The first-order valence-electron chi connectivity index (χ1n) is 12.4. The molecule has 41 heavy (non-hydrogen) atoms. The van der Waals surface area contributed by atoms with Gasteiger partial charge >= 0.3 is 6.09 Å². The summed E-state index contributed by atoms with van der Waals surface area (Å²) in [6, 6.07) is 16.0. The number of alkyl halides is 2. The molecule has 0 radical (unpaired) electrons. The number of hydrogen-bond acceptors (Lipinski definition) is 4. The number of anilines is 3. The number of hydrogen-bond donors (Lipinski definition) is 2. The Hall–Kier alpha value is -2.68. The van der Waals surface area contributed by atoms with Gasteiger partial charge in [0.1, 0.15) is 9.93 Å². The van der Waals surface area contributed by atoms with Gasteiger partial charge in [-0.25, -0.2) is 4.79 Å². The van der Waals surface area contributed by atoms with E-state index >= 15 is 0 Å². The van der Waals surface area contributed by atoms with Crippen LogP contribution in [0.25, 0.3) is 0 Å². The second-order valence-corrected chi connectivity index (χ2v) is 13.3. The maximum Gasteiger partial charge on any atom is 0.414 e. The topological polar surface area (TPSA) is 87.7 Å². The molecule has 1 fully saturated rings. The minimum atomic E-state index is -1.35. The third kappa shape index (κ3) is 7.40. The number of amides is 3. The van der Waals surface area contributed by atoms with Gasteiger partial charge in [-0.05, 0) is 87.0 Å². The average Bonchev–Trinajstić information content (AvgIpc) is 3.45. The Labute approximate surface area is 263 Å². The molecule has 2 unspecified atom stereocenters. The summed E-state index contributed by atoms with van der Waals surface area (Å²) in [5.41, 5.74) is 1.53. The van der Waals surface area contributed by atoms with E-state index in [1.165, 1.54) is 17.0 Å². The molecule has 3 aromatic carbocycles. The van der Waals surface area contributed by atoms with Gasteiger partial charge < -0.3 is 15.4 Å². The number of carbonyl (C=O) groups excluding carboxylic acids is 3. The van der Waals surface area contributed by atoms with E-state index in [0.717, 1.165) is 0 Å². The highest BCUT2D eigenvalue weighted by atomic mass is 35.5. The third-order valence-electron chi connectivity index (χ3n) is 6.24. The van der Waals surface area contributed by atoms with Crippen LogP contribution in [0.5, 0.6) is 0 Å². The molecule has 4 rings (SSSR count). The lowest BCUT2D eigenvalue weighted by Crippen LogP contribution is -2.34. The van der Waals surface area contributed by atoms with Crippen LogP contribution in [0.15, 0.2) is 60.7 Å². The van der Waals surface area contributed by atoms with E-state index in [1.807, 2.05) is 0 Å². The van der Waals surface area contributed by atoms with Crippen molar-refractivity contribution in [2.45, 2.75) is 36.6 Å². The Bertz CT molecular complexity index is 1490. The maximum absolute atomic E-state index is 13.1. The standard InChI is InChI=1S/C29H26Cl5N3O4/c1-28(2,3)41-27(40)37(4)20-8-5-18(6-9-20)35-25(38)21-14-19(7-10-22(21)32)36-26(39)24-23(29(24,33)34)15-11-16(30)13-17(31)12-15/h5-14,23-24H,1-4H3,(H,35,38)(H,36,39). The van der Waals surface area contributed by atoms with E-state index in [-0.39, 0.29) is 10.6 Å². The maximum atomic E-state index is 13.1. The van der Waals surface area contributed by atoms with Crippen molar-refractivity contribution < 1.29 is 19.1 Å². The van der Waals surface area contributed by atoms with Crippen LogP contribution < -0.4 is 15.5 Å². The van der Waals surface area contributed by atoms with Crippen molar-refractivity contribution in [3.63, 3.8) is 0 Å². The number of nitrogens with one attached hydrogen (secondary N) is 2. The van der Waals surface area contributed by atoms with Crippen LogP contribution in [-0.4, -0.2) is 34.9 Å². The van der Waals surface area contributed by atoms with Crippen molar-refractivity contribution in [1.29, 1.82) is 0 Å². The molecule has 2 N–H and O–H groups in total. The van der Waals surface area contributed by atoms with Crippen LogP contribution in [0.1, 0.15) is 42.6 Å². The van der Waals surface area contributed by atoms with Gasteiger partial charge in [-0.2, -0.15) is 0 Å². The monoisotopic (exact) mass is 655 g/mol. The summed E-state index contributed by atoms with van der Waals surface area (Å²) in [5.74, 6) is -2.23. The number of ether oxygens (including phenoxy) is 1. The Kier molecular flexibility index (Phi) is 9.07. The molecule has 3 amide bonds. The van der Waals surface area contributed by atoms with Gasteiger partial charge in [0.2, 0.25) is 5.91 Å². The first-order chi connectivity index (χ1) is 19.1. The zero-order chi connectivity index (χ0) is 30.3. The average molecular weight is 658 g/mol. The van der Waals surface area contributed by atoms with Gasteiger partial charge in [-0.1, -0.05) is 34.8 Å². The molecule has 3 aromatic rings. The van der Waals surface area contributed by atoms with Gasteiger partial charge in [0.05, 0.1) is 16.5 Å². The van der Waals surface area contributed by atoms with Crippen molar-refractivity contribution in [3.8, 4) is 0 Å². The Morgan fingerprint density at radius 1 is 0.854 bits per heavy atom. The van der Waals surface area contributed by atoms with E-state index in [1.54, 1.807) is 76.3 Å². The molecule has 7 nitrogen and oxygen atoms in total. The predicted octanol–water partition coefficient (Wildman–Crippen LogP) is 8.80. The second-order valence-electron chi connectivity index (χ2n) is 10.6. The Morgan fingerprint density at radius 2 is 1.44 bits per heavy atom. The van der Waals surface area contributed by atoms with Gasteiger partial charge in [0, 0.05) is 40.1 Å². The lowest BCUT2D eigenvalue weighted by atomic mass is 10.1. The van der Waals surface area contributed by atoms with Gasteiger partial charge in [-0.3, -0.25) is 14.5 Å². The molecule has 216 valence electrons. The summed E-state index contributed by atoms with van der Waals surface area (Å²) < 4.78 is 4.02. The molecule has 0 bridgehead atoms. The van der Waals surface area contributed by atoms with Crippen LogP contribution in [0, 0.1) is 5.92 Å². The van der Waals surface area contributed by atoms with Gasteiger partial charge in [0.15, 0.2) is 0 Å². The lowest BCUT2D eigenvalue weighted by Gasteiger charge is -2.24. The number of carbonyl (C=O) groups is 3. The number of halogens is 5. The van der Waals surface area contributed by atoms with Crippen LogP contribution >= 0.6 is 58.0 Å². The molecular weight excluding hydrogens is 632 g/mol. The summed E-state index contributed by atoms with van der Waals surface area (Å²) >= 11 is 31.4. The van der Waals surface area contributed by atoms with Gasteiger partial charge in [-0.15, -0.1) is 23.2 Å². The molecular formula is C29H26Cl5N3O4. The summed E-state index contributed by atoms with van der Waals surface area (Å²) in [5, 5.41) is 6.51. The predicted molar refractivity (Wildman–Crippen MR) is 166 cm³/mol. The first-order valence-corrected chi connectivity index (χ1v) is 14.3. The van der Waals surface area contributed by atoms with E-state index < -0.39 is 39.7 Å². The normalized spacial score (nSPS) is 17.4. The fourth-order valence-electron chi connectivity index (χ4n) is 4.22. The van der Waals surface area contributed by atoms with Crippen LogP contribution in [-0.2, 0) is 9.53 Å². The molecule has 12 heteroatoms. The number of benzene rings is 3. The minimum Gasteiger partial charge on any atom is -0.443 e. The molecule has 0 aliphatic heterocycles. The largest absolute Gasteiger partial charge is 0.443 e. The zero-order valence-electron chi connectivity index (χ0n) is 22.4. The van der Waals surface area contributed by atoms with Crippen molar-refractivity contribution in [1.82, 2.24) is 0 Å². The summed E-state index contributed by atoms with van der Waals surface area (Å²) in [7, 11) is 1.59. The highest BCUT2D eigenvalue weighted by Gasteiger charge is 2.67. The van der Waals surface area contributed by atoms with E-state index in [0.29, 0.717) is 32.7 Å². The summed E-state index contributed by atoms with van der Waals surface area (Å²) in [4.78, 5) is 39.8. The fraction of sp³-hybridized carbons (Fsp3) is 0.276. The zero-order valence-corrected chi connectivity index (χ0v) is 26.2. The third-order valence-corrected chi connectivity index (χ3v) is 7.94.